The maximum absolute atomic E-state index is 12.5. The van der Waals surface area contributed by atoms with Crippen molar-refractivity contribution >= 4 is 38.2 Å². The Kier molecular flexibility index (Phi) is 4.31. The Bertz CT molecular complexity index is 1140. The van der Waals surface area contributed by atoms with E-state index >= 15 is 0 Å². The largest absolute Gasteiger partial charge is 0.506 e. The molecule has 0 aliphatic heterocycles. The van der Waals surface area contributed by atoms with E-state index in [0.29, 0.717) is 11.1 Å². The van der Waals surface area contributed by atoms with Crippen LogP contribution < -0.4 is 11.1 Å². The third kappa shape index (κ3) is 3.19. The van der Waals surface area contributed by atoms with Crippen LogP contribution in [-0.4, -0.2) is 24.0 Å². The first-order valence-corrected chi connectivity index (χ1v) is 9.02. The van der Waals surface area contributed by atoms with Crippen LogP contribution in [0.4, 0.5) is 11.4 Å². The summed E-state index contributed by atoms with van der Waals surface area (Å²) in [6.45, 7) is 1.84. The summed E-state index contributed by atoms with van der Waals surface area (Å²) in [5.74, 6) is -1.15. The van der Waals surface area contributed by atoms with E-state index in [-0.39, 0.29) is 16.6 Å². The number of rotatable bonds is 3. The SMILES string of the molecule is Cc1ccc(C(=O)Nc2cccc3ccc(S(=O)(=O)O)c(O)c23)c(N)c1. The van der Waals surface area contributed by atoms with E-state index in [9.17, 15) is 22.9 Å². The van der Waals surface area contributed by atoms with Crippen molar-refractivity contribution in [2.45, 2.75) is 11.8 Å². The molecular weight excluding hydrogens is 356 g/mol. The molecule has 0 atom stereocenters. The molecule has 3 aromatic carbocycles. The van der Waals surface area contributed by atoms with Crippen molar-refractivity contribution in [1.29, 1.82) is 0 Å². The first-order chi connectivity index (χ1) is 12.2. The molecular formula is C18H16N2O5S. The van der Waals surface area contributed by atoms with Crippen molar-refractivity contribution in [2.75, 3.05) is 11.1 Å². The minimum absolute atomic E-state index is 0.0988. The maximum Gasteiger partial charge on any atom is 0.298 e. The van der Waals surface area contributed by atoms with Crippen molar-refractivity contribution in [3.63, 3.8) is 0 Å². The zero-order valence-corrected chi connectivity index (χ0v) is 14.5. The van der Waals surface area contributed by atoms with Crippen LogP contribution in [0.2, 0.25) is 0 Å². The van der Waals surface area contributed by atoms with Gasteiger partial charge in [0.2, 0.25) is 0 Å². The van der Waals surface area contributed by atoms with Crippen molar-refractivity contribution in [3.05, 3.63) is 59.7 Å². The molecule has 0 aliphatic carbocycles. The van der Waals surface area contributed by atoms with Crippen LogP contribution in [0.25, 0.3) is 10.8 Å². The van der Waals surface area contributed by atoms with Crippen LogP contribution in [0.15, 0.2) is 53.4 Å². The number of aromatic hydroxyl groups is 1. The second-order valence-electron chi connectivity index (χ2n) is 5.84. The molecule has 0 spiro atoms. The first kappa shape index (κ1) is 17.7. The number of hydrogen-bond acceptors (Lipinski definition) is 5. The van der Waals surface area contributed by atoms with Gasteiger partial charge in [0.15, 0.2) is 0 Å². The van der Waals surface area contributed by atoms with Gasteiger partial charge in [-0.25, -0.2) is 0 Å². The summed E-state index contributed by atoms with van der Waals surface area (Å²) < 4.78 is 32.1. The molecule has 134 valence electrons. The summed E-state index contributed by atoms with van der Waals surface area (Å²) in [7, 11) is -4.62. The molecule has 3 aromatic rings. The van der Waals surface area contributed by atoms with Crippen molar-refractivity contribution in [1.82, 2.24) is 0 Å². The van der Waals surface area contributed by atoms with E-state index in [2.05, 4.69) is 5.32 Å². The third-order valence-corrected chi connectivity index (χ3v) is 4.84. The van der Waals surface area contributed by atoms with Crippen LogP contribution in [0.3, 0.4) is 0 Å². The van der Waals surface area contributed by atoms with Crippen LogP contribution >= 0.6 is 0 Å². The second-order valence-corrected chi connectivity index (χ2v) is 7.23. The minimum Gasteiger partial charge on any atom is -0.506 e. The highest BCUT2D eigenvalue weighted by molar-refractivity contribution is 7.86. The lowest BCUT2D eigenvalue weighted by Crippen LogP contribution is -2.14. The molecule has 7 nitrogen and oxygen atoms in total. The molecule has 1 amide bonds. The number of fused-ring (bicyclic) bond motifs is 1. The molecule has 0 saturated carbocycles. The maximum atomic E-state index is 12.5. The molecule has 0 radical (unpaired) electrons. The fourth-order valence-corrected chi connectivity index (χ4v) is 3.32. The first-order valence-electron chi connectivity index (χ1n) is 7.58. The third-order valence-electron chi connectivity index (χ3n) is 3.96. The molecule has 0 bridgehead atoms. The van der Waals surface area contributed by atoms with Crippen molar-refractivity contribution in [2.24, 2.45) is 0 Å². The average Bonchev–Trinajstić information content (AvgIpc) is 2.53. The molecule has 5 N–H and O–H groups in total. The summed E-state index contributed by atoms with van der Waals surface area (Å²) in [4.78, 5) is 11.9. The summed E-state index contributed by atoms with van der Waals surface area (Å²) in [6.07, 6.45) is 0. The number of nitrogens with one attached hydrogen (secondary N) is 1. The van der Waals surface area contributed by atoms with Crippen LogP contribution in [0, 0.1) is 6.92 Å². The number of phenolic OH excluding ortho intramolecular Hbond substituents is 1. The van der Waals surface area contributed by atoms with E-state index in [4.69, 9.17) is 5.73 Å². The number of nitrogen functional groups attached to an aromatic ring is 1. The van der Waals surface area contributed by atoms with Crippen LogP contribution in [-0.2, 0) is 10.1 Å². The highest BCUT2D eigenvalue weighted by atomic mass is 32.2. The number of carbonyl (C=O) groups is 1. The van der Waals surface area contributed by atoms with Gasteiger partial charge in [-0.15, -0.1) is 0 Å². The zero-order chi connectivity index (χ0) is 19.1. The second kappa shape index (κ2) is 6.32. The van der Waals surface area contributed by atoms with Crippen molar-refractivity contribution in [3.8, 4) is 5.75 Å². The normalized spacial score (nSPS) is 11.5. The molecule has 0 unspecified atom stereocenters. The van der Waals surface area contributed by atoms with Gasteiger partial charge in [-0.2, -0.15) is 8.42 Å². The van der Waals surface area contributed by atoms with Gasteiger partial charge in [0.05, 0.1) is 11.3 Å². The smallest absolute Gasteiger partial charge is 0.298 e. The van der Waals surface area contributed by atoms with E-state index in [0.717, 1.165) is 11.6 Å². The number of anilines is 2. The van der Waals surface area contributed by atoms with Crippen molar-refractivity contribution < 1.29 is 22.9 Å². The predicted molar refractivity (Wildman–Crippen MR) is 99.0 cm³/mol. The Morgan fingerprint density at radius 3 is 2.50 bits per heavy atom. The molecule has 0 saturated heterocycles. The van der Waals surface area contributed by atoms with Crippen LogP contribution in [0.1, 0.15) is 15.9 Å². The Labute approximate surface area is 149 Å². The van der Waals surface area contributed by atoms with Gasteiger partial charge >= 0.3 is 0 Å². The fraction of sp³-hybridized carbons (Fsp3) is 0.0556. The van der Waals surface area contributed by atoms with E-state index in [1.807, 2.05) is 6.92 Å². The fourth-order valence-electron chi connectivity index (χ4n) is 2.73. The molecule has 26 heavy (non-hydrogen) atoms. The molecule has 0 aromatic heterocycles. The predicted octanol–water partition coefficient (Wildman–Crippen LogP) is 2.94. The summed E-state index contributed by atoms with van der Waals surface area (Å²) >= 11 is 0. The molecule has 8 heteroatoms. The highest BCUT2D eigenvalue weighted by Crippen LogP contribution is 2.37. The number of hydrogen-bond donors (Lipinski definition) is 4. The number of carbonyl (C=O) groups excluding carboxylic acids is 1. The highest BCUT2D eigenvalue weighted by Gasteiger charge is 2.20. The lowest BCUT2D eigenvalue weighted by molar-refractivity contribution is 0.102. The molecule has 0 fully saturated rings. The van der Waals surface area contributed by atoms with Gasteiger partial charge in [-0.05, 0) is 42.1 Å². The summed E-state index contributed by atoms with van der Waals surface area (Å²) in [6, 6.07) is 12.3. The van der Waals surface area contributed by atoms with Crippen LogP contribution in [0.5, 0.6) is 5.75 Å². The van der Waals surface area contributed by atoms with Gasteiger partial charge in [0, 0.05) is 11.1 Å². The van der Waals surface area contributed by atoms with E-state index < -0.39 is 26.7 Å². The molecule has 0 heterocycles. The number of amides is 1. The Hall–Kier alpha value is -3.10. The lowest BCUT2D eigenvalue weighted by Gasteiger charge is -2.13. The van der Waals surface area contributed by atoms with Gasteiger partial charge in [-0.3, -0.25) is 9.35 Å². The Morgan fingerprint density at radius 2 is 1.85 bits per heavy atom. The Morgan fingerprint density at radius 1 is 1.12 bits per heavy atom. The number of benzene rings is 3. The van der Waals surface area contributed by atoms with E-state index in [1.165, 1.54) is 12.1 Å². The van der Waals surface area contributed by atoms with Gasteiger partial charge in [0.1, 0.15) is 10.6 Å². The lowest BCUT2D eigenvalue weighted by atomic mass is 10.1. The molecule has 3 rings (SSSR count). The number of nitrogens with two attached hydrogens (primary N) is 1. The topological polar surface area (TPSA) is 130 Å². The summed E-state index contributed by atoms with van der Waals surface area (Å²) in [5, 5.41) is 13.5. The van der Waals surface area contributed by atoms with Gasteiger partial charge < -0.3 is 16.2 Å². The number of phenols is 1. The van der Waals surface area contributed by atoms with Gasteiger partial charge in [-0.1, -0.05) is 24.3 Å². The average molecular weight is 372 g/mol. The zero-order valence-electron chi connectivity index (χ0n) is 13.7. The summed E-state index contributed by atoms with van der Waals surface area (Å²) in [5.41, 5.74) is 7.51. The number of aryl methyl sites for hydroxylation is 1. The minimum atomic E-state index is -4.62. The standard InChI is InChI=1S/C18H16N2O5S/c1-10-5-7-12(13(19)9-10)18(22)20-14-4-2-3-11-6-8-15(26(23,24)25)17(21)16(11)14/h2-9,21H,19H2,1H3,(H,20,22)(H,23,24,25). The quantitative estimate of drug-likeness (QED) is 0.413. The van der Waals surface area contributed by atoms with Gasteiger partial charge in [0.25, 0.3) is 16.0 Å². The molecule has 0 aliphatic rings. The monoisotopic (exact) mass is 372 g/mol. The van der Waals surface area contributed by atoms with E-state index in [1.54, 1.807) is 30.3 Å². The Balaban J connectivity index is 2.12.